The van der Waals surface area contributed by atoms with Gasteiger partial charge in [0.2, 0.25) is 0 Å². The van der Waals surface area contributed by atoms with Crippen LogP contribution in [0.4, 0.5) is 0 Å². The van der Waals surface area contributed by atoms with E-state index in [0.29, 0.717) is 36.7 Å². The molecule has 0 fully saturated rings. The third-order valence-electron chi connectivity index (χ3n) is 6.54. The molecule has 4 aromatic carbocycles. The highest BCUT2D eigenvalue weighted by atomic mass is 16.6. The lowest BCUT2D eigenvalue weighted by Gasteiger charge is -2.22. The van der Waals surface area contributed by atoms with Gasteiger partial charge in [-0.1, -0.05) is 66.7 Å². The normalized spacial score (nSPS) is 16.4. The van der Waals surface area contributed by atoms with Gasteiger partial charge in [0.1, 0.15) is 13.2 Å². The number of rotatable bonds is 5. The predicted octanol–water partition coefficient (Wildman–Crippen LogP) is 5.15. The molecule has 1 amide bonds. The minimum Gasteiger partial charge on any atom is -0.486 e. The minimum absolute atomic E-state index is 0.289. The zero-order valence-electron chi connectivity index (χ0n) is 20.0. The molecule has 2 aliphatic heterocycles. The Hall–Kier alpha value is -4.65. The maximum absolute atomic E-state index is 13.3. The van der Waals surface area contributed by atoms with E-state index >= 15 is 0 Å². The van der Waals surface area contributed by atoms with Gasteiger partial charge in [-0.05, 0) is 46.2 Å². The van der Waals surface area contributed by atoms with E-state index < -0.39 is 18.5 Å². The molecule has 0 aliphatic carbocycles. The summed E-state index contributed by atoms with van der Waals surface area (Å²) in [6, 6.07) is 28.6. The molecule has 7 heteroatoms. The van der Waals surface area contributed by atoms with Gasteiger partial charge in [-0.3, -0.25) is 4.79 Å². The topological polar surface area (TPSA) is 77.4 Å². The maximum Gasteiger partial charge on any atom is 0.338 e. The number of hydrogen-bond acceptors (Lipinski definition) is 6. The van der Waals surface area contributed by atoms with E-state index in [2.05, 4.69) is 24.3 Å². The molecule has 7 nitrogen and oxygen atoms in total. The number of nitrogens with zero attached hydrogens (tertiary/aromatic N) is 2. The minimum atomic E-state index is -0.612. The van der Waals surface area contributed by atoms with Crippen LogP contribution < -0.4 is 9.47 Å². The van der Waals surface area contributed by atoms with Crippen LogP contribution in [0.3, 0.4) is 0 Å². The van der Waals surface area contributed by atoms with Crippen molar-refractivity contribution in [3.8, 4) is 11.5 Å². The summed E-state index contributed by atoms with van der Waals surface area (Å²) in [7, 11) is 0. The van der Waals surface area contributed by atoms with Crippen molar-refractivity contribution in [2.45, 2.75) is 12.5 Å². The fourth-order valence-corrected chi connectivity index (χ4v) is 4.67. The number of hydrogen-bond donors (Lipinski definition) is 0. The first-order valence-electron chi connectivity index (χ1n) is 12.2. The highest BCUT2D eigenvalue weighted by Gasteiger charge is 2.33. The SMILES string of the molecule is O=C(OCC(=O)N1N=C(c2ccc3ccccc3c2)CC1c1ccccc1)c1ccc2c(c1)OCCO2. The summed E-state index contributed by atoms with van der Waals surface area (Å²) in [4.78, 5) is 26.0. The van der Waals surface area contributed by atoms with Gasteiger partial charge in [0, 0.05) is 6.42 Å². The Balaban J connectivity index is 1.22. The Labute approximate surface area is 213 Å². The first kappa shape index (κ1) is 22.8. The molecule has 2 heterocycles. The summed E-state index contributed by atoms with van der Waals surface area (Å²) >= 11 is 0. The number of carbonyl (C=O) groups is 2. The summed E-state index contributed by atoms with van der Waals surface area (Å²) in [6.45, 7) is 0.452. The van der Waals surface area contributed by atoms with Crippen LogP contribution in [0.1, 0.15) is 33.9 Å². The molecule has 0 N–H and O–H groups in total. The van der Waals surface area contributed by atoms with Crippen molar-refractivity contribution in [1.82, 2.24) is 5.01 Å². The Morgan fingerprint density at radius 2 is 1.59 bits per heavy atom. The summed E-state index contributed by atoms with van der Waals surface area (Å²) in [5.74, 6) is 0.0626. The second-order valence-electron chi connectivity index (χ2n) is 8.91. The number of fused-ring (bicyclic) bond motifs is 2. The van der Waals surface area contributed by atoms with Gasteiger partial charge in [-0.2, -0.15) is 5.10 Å². The van der Waals surface area contributed by atoms with Gasteiger partial charge in [-0.25, -0.2) is 9.80 Å². The highest BCUT2D eigenvalue weighted by molar-refractivity contribution is 6.05. The Bertz CT molecular complexity index is 1520. The van der Waals surface area contributed by atoms with E-state index in [9.17, 15) is 9.59 Å². The van der Waals surface area contributed by atoms with Crippen LogP contribution in [0.25, 0.3) is 10.8 Å². The smallest absolute Gasteiger partial charge is 0.338 e. The molecule has 6 rings (SSSR count). The van der Waals surface area contributed by atoms with Crippen LogP contribution in [0.2, 0.25) is 0 Å². The van der Waals surface area contributed by atoms with Gasteiger partial charge in [0.05, 0.1) is 17.3 Å². The first-order chi connectivity index (χ1) is 18.2. The van der Waals surface area contributed by atoms with Crippen molar-refractivity contribution in [2.75, 3.05) is 19.8 Å². The van der Waals surface area contributed by atoms with E-state index in [-0.39, 0.29) is 6.04 Å². The van der Waals surface area contributed by atoms with Crippen LogP contribution >= 0.6 is 0 Å². The number of benzene rings is 4. The lowest BCUT2D eigenvalue weighted by molar-refractivity contribution is -0.136. The Kier molecular flexibility index (Phi) is 6.02. The van der Waals surface area contributed by atoms with E-state index in [1.807, 2.05) is 48.5 Å². The van der Waals surface area contributed by atoms with Crippen molar-refractivity contribution < 1.29 is 23.8 Å². The lowest BCUT2D eigenvalue weighted by Crippen LogP contribution is -2.31. The molecule has 184 valence electrons. The van der Waals surface area contributed by atoms with Crippen LogP contribution in [-0.2, 0) is 9.53 Å². The van der Waals surface area contributed by atoms with Crippen LogP contribution in [0.5, 0.6) is 11.5 Å². The van der Waals surface area contributed by atoms with Crippen molar-refractivity contribution in [1.29, 1.82) is 0 Å². The molecule has 1 unspecified atom stereocenters. The number of carbonyl (C=O) groups excluding carboxylic acids is 2. The van der Waals surface area contributed by atoms with Crippen LogP contribution in [0.15, 0.2) is 96.1 Å². The molecule has 2 aliphatic rings. The van der Waals surface area contributed by atoms with Crippen LogP contribution in [-0.4, -0.2) is 42.4 Å². The van der Waals surface area contributed by atoms with Gasteiger partial charge in [-0.15, -0.1) is 0 Å². The standard InChI is InChI=1S/C30H24N2O5/c33-29(19-37-30(34)24-12-13-27-28(17-24)36-15-14-35-27)32-26(21-7-2-1-3-8-21)18-25(31-32)23-11-10-20-6-4-5-9-22(20)16-23/h1-13,16-17,26H,14-15,18-19H2. The first-order valence-corrected chi connectivity index (χ1v) is 12.2. The molecule has 1 atom stereocenters. The van der Waals surface area contributed by atoms with E-state index in [0.717, 1.165) is 27.6 Å². The average molecular weight is 493 g/mol. The van der Waals surface area contributed by atoms with Gasteiger partial charge in [0.25, 0.3) is 5.91 Å². The highest BCUT2D eigenvalue weighted by Crippen LogP contribution is 2.34. The molecule has 0 radical (unpaired) electrons. The second kappa shape index (κ2) is 9.78. The summed E-state index contributed by atoms with van der Waals surface area (Å²) in [5, 5.41) is 8.40. The zero-order chi connectivity index (χ0) is 25.2. The summed E-state index contributed by atoms with van der Waals surface area (Å²) in [5.41, 5.74) is 3.03. The third-order valence-corrected chi connectivity index (χ3v) is 6.54. The third kappa shape index (κ3) is 4.63. The molecular formula is C30H24N2O5. The monoisotopic (exact) mass is 492 g/mol. The van der Waals surface area contributed by atoms with E-state index in [1.54, 1.807) is 18.2 Å². The molecule has 0 spiro atoms. The molecule has 37 heavy (non-hydrogen) atoms. The van der Waals surface area contributed by atoms with Gasteiger partial charge in [0.15, 0.2) is 18.1 Å². The Morgan fingerprint density at radius 1 is 0.838 bits per heavy atom. The Morgan fingerprint density at radius 3 is 2.43 bits per heavy atom. The average Bonchev–Trinajstić information content (AvgIpc) is 3.41. The van der Waals surface area contributed by atoms with Crippen molar-refractivity contribution in [2.24, 2.45) is 5.10 Å². The summed E-state index contributed by atoms with van der Waals surface area (Å²) < 4.78 is 16.4. The predicted molar refractivity (Wildman–Crippen MR) is 139 cm³/mol. The molecule has 0 bridgehead atoms. The number of amides is 1. The van der Waals surface area contributed by atoms with E-state index in [4.69, 9.17) is 19.3 Å². The van der Waals surface area contributed by atoms with Crippen molar-refractivity contribution >= 4 is 28.4 Å². The lowest BCUT2D eigenvalue weighted by atomic mass is 9.97. The molecule has 0 saturated heterocycles. The molecule has 0 aromatic heterocycles. The van der Waals surface area contributed by atoms with Crippen molar-refractivity contribution in [3.05, 3.63) is 108 Å². The summed E-state index contributed by atoms with van der Waals surface area (Å²) in [6.07, 6.45) is 0.560. The fraction of sp³-hybridized carbons (Fsp3) is 0.167. The molecule has 0 saturated carbocycles. The second-order valence-corrected chi connectivity index (χ2v) is 8.91. The maximum atomic E-state index is 13.3. The zero-order valence-corrected chi connectivity index (χ0v) is 20.0. The number of hydrazone groups is 1. The molecule has 4 aromatic rings. The van der Waals surface area contributed by atoms with Crippen LogP contribution in [0, 0.1) is 0 Å². The van der Waals surface area contributed by atoms with E-state index in [1.165, 1.54) is 5.01 Å². The largest absolute Gasteiger partial charge is 0.486 e. The quantitative estimate of drug-likeness (QED) is 0.360. The van der Waals surface area contributed by atoms with Gasteiger partial charge < -0.3 is 14.2 Å². The molecular weight excluding hydrogens is 468 g/mol. The number of ether oxygens (including phenoxy) is 3. The fourth-order valence-electron chi connectivity index (χ4n) is 4.67. The van der Waals surface area contributed by atoms with Gasteiger partial charge >= 0.3 is 5.97 Å². The number of esters is 1. The van der Waals surface area contributed by atoms with Crippen molar-refractivity contribution in [3.63, 3.8) is 0 Å².